The Kier molecular flexibility index (Phi) is 5.37. The summed E-state index contributed by atoms with van der Waals surface area (Å²) in [6.07, 6.45) is 15.3. The number of carbonyl (C=O) groups is 1. The van der Waals surface area contributed by atoms with E-state index in [4.69, 9.17) is 0 Å². The number of aromatic nitrogens is 1. The van der Waals surface area contributed by atoms with Gasteiger partial charge in [-0.1, -0.05) is 36.3 Å². The summed E-state index contributed by atoms with van der Waals surface area (Å²) in [4.78, 5) is 18.5. The number of nitrogens with zero attached hydrogens (tertiary/aromatic N) is 3. The van der Waals surface area contributed by atoms with Crippen LogP contribution in [0.3, 0.4) is 0 Å². The van der Waals surface area contributed by atoms with E-state index < -0.39 is 0 Å². The van der Waals surface area contributed by atoms with Gasteiger partial charge in [-0.2, -0.15) is 0 Å². The molecule has 2 aromatic rings. The van der Waals surface area contributed by atoms with Crippen LogP contribution in [-0.4, -0.2) is 52.0 Å². The number of para-hydroxylation sites is 1. The van der Waals surface area contributed by atoms with Gasteiger partial charge in [0, 0.05) is 49.7 Å². The molecule has 2 unspecified atom stereocenters. The minimum Gasteiger partial charge on any atom is -0.350 e. The van der Waals surface area contributed by atoms with E-state index in [9.17, 15) is 4.79 Å². The molecule has 3 fully saturated rings. The zero-order valence-corrected chi connectivity index (χ0v) is 19.5. The van der Waals surface area contributed by atoms with E-state index in [-0.39, 0.29) is 0 Å². The highest BCUT2D eigenvalue weighted by molar-refractivity contribution is 5.84. The van der Waals surface area contributed by atoms with Gasteiger partial charge >= 0.3 is 0 Å². The third kappa shape index (κ3) is 3.51. The SMILES string of the molecule is Cn1cc(CCCC(=O)N2CCCC3=C[C@H]4C[C@H](CN5CCCCC45)C32)c2ccccc21. The van der Waals surface area contributed by atoms with Gasteiger partial charge in [-0.3, -0.25) is 9.69 Å². The van der Waals surface area contributed by atoms with Crippen molar-refractivity contribution >= 4 is 16.8 Å². The van der Waals surface area contributed by atoms with E-state index in [1.165, 1.54) is 61.7 Å². The molecule has 6 rings (SSSR count). The number of fused-ring (bicyclic) bond motifs is 7. The third-order valence-corrected chi connectivity index (χ3v) is 8.79. The molecule has 0 spiro atoms. The van der Waals surface area contributed by atoms with Gasteiger partial charge in [-0.15, -0.1) is 0 Å². The van der Waals surface area contributed by atoms with Crippen molar-refractivity contribution in [1.82, 2.24) is 14.4 Å². The Morgan fingerprint density at radius 3 is 2.97 bits per heavy atom. The first-order valence-electron chi connectivity index (χ1n) is 13.0. The highest BCUT2D eigenvalue weighted by Gasteiger charge is 2.46. The zero-order chi connectivity index (χ0) is 21.7. The van der Waals surface area contributed by atoms with Crippen LogP contribution in [0.2, 0.25) is 0 Å². The Hall–Kier alpha value is -2.07. The van der Waals surface area contributed by atoms with Crippen LogP contribution in [0.25, 0.3) is 10.9 Å². The largest absolute Gasteiger partial charge is 0.350 e. The summed E-state index contributed by atoms with van der Waals surface area (Å²) in [5.41, 5.74) is 4.26. The number of likely N-dealkylation sites (tertiary alicyclic amines) is 1. The molecular weight excluding hydrogens is 394 g/mol. The molecule has 4 aliphatic rings. The van der Waals surface area contributed by atoms with Crippen molar-refractivity contribution in [3.8, 4) is 0 Å². The second-order valence-electron chi connectivity index (χ2n) is 10.7. The van der Waals surface area contributed by atoms with Gasteiger partial charge in [0.05, 0.1) is 6.04 Å². The summed E-state index contributed by atoms with van der Waals surface area (Å²) in [6.45, 7) is 3.44. The highest BCUT2D eigenvalue weighted by atomic mass is 16.2. The predicted molar refractivity (Wildman–Crippen MR) is 129 cm³/mol. The Balaban J connectivity index is 1.14. The Bertz CT molecular complexity index is 1040. The van der Waals surface area contributed by atoms with Crippen molar-refractivity contribution in [3.05, 3.63) is 47.7 Å². The first kappa shape index (κ1) is 20.5. The second-order valence-corrected chi connectivity index (χ2v) is 10.7. The number of piperidine rings is 3. The highest BCUT2D eigenvalue weighted by Crippen LogP contribution is 2.45. The molecule has 1 aromatic heterocycles. The van der Waals surface area contributed by atoms with Crippen LogP contribution in [-0.2, 0) is 18.3 Å². The number of carbonyl (C=O) groups excluding carboxylic acids is 1. The van der Waals surface area contributed by atoms with Crippen molar-refractivity contribution in [3.63, 3.8) is 0 Å². The summed E-state index contributed by atoms with van der Waals surface area (Å²) < 4.78 is 2.21. The van der Waals surface area contributed by atoms with Crippen molar-refractivity contribution in [2.75, 3.05) is 19.6 Å². The second kappa shape index (κ2) is 8.37. The molecule has 4 nitrogen and oxygen atoms in total. The van der Waals surface area contributed by atoms with Crippen LogP contribution in [0.1, 0.15) is 56.9 Å². The number of rotatable bonds is 4. The van der Waals surface area contributed by atoms with E-state index >= 15 is 0 Å². The van der Waals surface area contributed by atoms with Crippen molar-refractivity contribution < 1.29 is 4.79 Å². The first-order chi connectivity index (χ1) is 15.7. The lowest BCUT2D eigenvalue weighted by molar-refractivity contribution is -0.136. The van der Waals surface area contributed by atoms with E-state index in [2.05, 4.69) is 58.0 Å². The Labute approximate surface area is 192 Å². The first-order valence-corrected chi connectivity index (χ1v) is 13.0. The van der Waals surface area contributed by atoms with E-state index in [1.54, 1.807) is 5.57 Å². The molecule has 4 atom stereocenters. The number of amides is 1. The molecule has 3 aliphatic heterocycles. The molecule has 2 bridgehead atoms. The molecule has 4 heterocycles. The molecule has 1 aromatic carbocycles. The lowest BCUT2D eigenvalue weighted by Crippen LogP contribution is -2.60. The number of hydrogen-bond donors (Lipinski definition) is 0. The monoisotopic (exact) mass is 431 g/mol. The van der Waals surface area contributed by atoms with Crippen LogP contribution < -0.4 is 0 Å². The molecule has 4 heteroatoms. The van der Waals surface area contributed by atoms with Crippen LogP contribution in [0, 0.1) is 11.8 Å². The lowest BCUT2D eigenvalue weighted by Gasteiger charge is -2.54. The van der Waals surface area contributed by atoms with Crippen LogP contribution in [0.4, 0.5) is 0 Å². The van der Waals surface area contributed by atoms with Gasteiger partial charge < -0.3 is 9.47 Å². The summed E-state index contributed by atoms with van der Waals surface area (Å²) in [5.74, 6) is 1.78. The fourth-order valence-electron chi connectivity index (χ4n) is 7.45. The predicted octanol–water partition coefficient (Wildman–Crippen LogP) is 4.92. The number of aryl methyl sites for hydroxylation is 2. The molecule has 0 saturated carbocycles. The van der Waals surface area contributed by atoms with Crippen LogP contribution in [0.5, 0.6) is 0 Å². The quantitative estimate of drug-likeness (QED) is 0.643. The fraction of sp³-hybridized carbons (Fsp3) is 0.607. The fourth-order valence-corrected chi connectivity index (χ4v) is 7.45. The molecule has 0 radical (unpaired) electrons. The summed E-state index contributed by atoms with van der Waals surface area (Å²) in [6, 6.07) is 9.77. The van der Waals surface area contributed by atoms with Gasteiger partial charge in [0.1, 0.15) is 0 Å². The Morgan fingerprint density at radius 1 is 1.12 bits per heavy atom. The average molecular weight is 432 g/mol. The van der Waals surface area contributed by atoms with E-state index in [0.717, 1.165) is 37.8 Å². The van der Waals surface area contributed by atoms with Crippen molar-refractivity contribution in [1.29, 1.82) is 0 Å². The molecule has 1 amide bonds. The maximum atomic E-state index is 13.4. The summed E-state index contributed by atoms with van der Waals surface area (Å²) in [7, 11) is 2.12. The van der Waals surface area contributed by atoms with Gasteiger partial charge in [0.25, 0.3) is 0 Å². The standard InChI is InChI=1S/C28H37N3O/c1-29-18-21(24-10-2-3-12-26(24)29)8-6-13-27(32)31-15-7-9-20-16-22-17-23(28(20)31)19-30-14-5-4-11-25(22)30/h2-3,10,12,16,18,22-23,25,28H,4-9,11,13-15,17,19H2,1H3/t22-,23+,25?,28?/m0/s1. The summed E-state index contributed by atoms with van der Waals surface area (Å²) in [5, 5.41) is 1.34. The minimum absolute atomic E-state index is 0.382. The van der Waals surface area contributed by atoms with Gasteiger partial charge in [0.2, 0.25) is 5.91 Å². The smallest absolute Gasteiger partial charge is 0.223 e. The molecule has 1 aliphatic carbocycles. The maximum absolute atomic E-state index is 13.4. The van der Waals surface area contributed by atoms with Crippen molar-refractivity contribution in [2.24, 2.45) is 18.9 Å². The minimum atomic E-state index is 0.382. The Morgan fingerprint density at radius 2 is 2.03 bits per heavy atom. The van der Waals surface area contributed by atoms with Gasteiger partial charge in [-0.25, -0.2) is 0 Å². The third-order valence-electron chi connectivity index (χ3n) is 8.79. The molecule has 170 valence electrons. The summed E-state index contributed by atoms with van der Waals surface area (Å²) >= 11 is 0. The molecule has 3 saturated heterocycles. The van der Waals surface area contributed by atoms with Crippen molar-refractivity contribution in [2.45, 2.75) is 69.9 Å². The molecular formula is C28H37N3O. The topological polar surface area (TPSA) is 28.5 Å². The van der Waals surface area contributed by atoms with E-state index in [1.807, 2.05) is 0 Å². The van der Waals surface area contributed by atoms with Crippen LogP contribution in [0.15, 0.2) is 42.1 Å². The zero-order valence-electron chi connectivity index (χ0n) is 19.5. The van der Waals surface area contributed by atoms with Gasteiger partial charge in [-0.05, 0) is 75.0 Å². The lowest BCUT2D eigenvalue weighted by atomic mass is 9.68. The normalized spacial score (nSPS) is 30.0. The maximum Gasteiger partial charge on any atom is 0.223 e. The van der Waals surface area contributed by atoms with E-state index in [0.29, 0.717) is 24.3 Å². The number of benzene rings is 1. The van der Waals surface area contributed by atoms with Gasteiger partial charge in [0.15, 0.2) is 0 Å². The van der Waals surface area contributed by atoms with Crippen LogP contribution >= 0.6 is 0 Å². The number of hydrogen-bond acceptors (Lipinski definition) is 2. The molecule has 0 N–H and O–H groups in total. The molecule has 32 heavy (non-hydrogen) atoms. The average Bonchev–Trinajstić information content (AvgIpc) is 3.14.